The normalized spacial score (nSPS) is 23.2. The Labute approximate surface area is 96.8 Å². The van der Waals surface area contributed by atoms with E-state index in [9.17, 15) is 4.79 Å². The second-order valence-corrected chi connectivity index (χ2v) is 4.72. The Bertz CT molecular complexity index is 323. The minimum Gasteiger partial charge on any atom is -0.461 e. The van der Waals surface area contributed by atoms with E-state index in [1.165, 1.54) is 5.56 Å². The van der Waals surface area contributed by atoms with Gasteiger partial charge in [0.15, 0.2) is 0 Å². The number of halogens is 1. The molecule has 1 aromatic rings. The van der Waals surface area contributed by atoms with Crippen molar-refractivity contribution in [1.29, 1.82) is 0 Å². The molecule has 0 bridgehead atoms. The van der Waals surface area contributed by atoms with Crippen LogP contribution in [0.3, 0.4) is 0 Å². The van der Waals surface area contributed by atoms with E-state index in [0.29, 0.717) is 6.42 Å². The summed E-state index contributed by atoms with van der Waals surface area (Å²) >= 11 is 2.34. The van der Waals surface area contributed by atoms with Gasteiger partial charge in [0, 0.05) is 6.42 Å². The molecule has 74 valence electrons. The van der Waals surface area contributed by atoms with E-state index >= 15 is 0 Å². The van der Waals surface area contributed by atoms with Gasteiger partial charge in [-0.1, -0.05) is 52.9 Å². The lowest BCUT2D eigenvalue weighted by atomic mass is 10.1. The van der Waals surface area contributed by atoms with E-state index in [0.717, 1.165) is 6.42 Å². The fourth-order valence-electron chi connectivity index (χ4n) is 1.60. The Morgan fingerprint density at radius 1 is 1.36 bits per heavy atom. The standard InChI is InChI=1S/C11H11IO2/c12-11(8-4-2-1-3-5-8)9-6-7-10(13)14-9/h1-5,9,11H,6-7H2/t9-,11+/m0/s1. The molecule has 2 rings (SSSR count). The summed E-state index contributed by atoms with van der Waals surface area (Å²) in [7, 11) is 0. The molecule has 0 aromatic heterocycles. The maximum absolute atomic E-state index is 11.0. The lowest BCUT2D eigenvalue weighted by Crippen LogP contribution is -2.13. The number of cyclic esters (lactones) is 1. The predicted molar refractivity (Wildman–Crippen MR) is 62.3 cm³/mol. The highest BCUT2D eigenvalue weighted by Crippen LogP contribution is 2.34. The molecule has 14 heavy (non-hydrogen) atoms. The van der Waals surface area contributed by atoms with Crippen LogP contribution >= 0.6 is 22.6 Å². The number of benzene rings is 1. The number of esters is 1. The molecule has 0 saturated carbocycles. The molecule has 0 N–H and O–H groups in total. The van der Waals surface area contributed by atoms with Crippen molar-refractivity contribution in [2.24, 2.45) is 0 Å². The van der Waals surface area contributed by atoms with Crippen LogP contribution in [0.4, 0.5) is 0 Å². The fourth-order valence-corrected chi connectivity index (χ4v) is 2.53. The zero-order valence-electron chi connectivity index (χ0n) is 7.65. The second kappa shape index (κ2) is 4.29. The van der Waals surface area contributed by atoms with Gasteiger partial charge in [0.25, 0.3) is 0 Å². The number of hydrogen-bond acceptors (Lipinski definition) is 2. The average Bonchev–Trinajstić information content (AvgIpc) is 2.65. The molecule has 0 unspecified atom stereocenters. The number of ether oxygens (including phenoxy) is 1. The van der Waals surface area contributed by atoms with Crippen LogP contribution in [0.2, 0.25) is 0 Å². The second-order valence-electron chi connectivity index (χ2n) is 3.38. The highest BCUT2D eigenvalue weighted by atomic mass is 127. The van der Waals surface area contributed by atoms with E-state index < -0.39 is 0 Å². The summed E-state index contributed by atoms with van der Waals surface area (Å²) in [6.07, 6.45) is 1.48. The molecular formula is C11H11IO2. The molecule has 0 aliphatic carbocycles. The third kappa shape index (κ3) is 2.08. The molecule has 1 fully saturated rings. The van der Waals surface area contributed by atoms with Gasteiger partial charge in [-0.15, -0.1) is 0 Å². The van der Waals surface area contributed by atoms with Crippen molar-refractivity contribution in [2.45, 2.75) is 22.9 Å². The monoisotopic (exact) mass is 302 g/mol. The zero-order chi connectivity index (χ0) is 9.97. The maximum Gasteiger partial charge on any atom is 0.306 e. The van der Waals surface area contributed by atoms with Crippen LogP contribution in [0, 0.1) is 0 Å². The van der Waals surface area contributed by atoms with Gasteiger partial charge in [-0.05, 0) is 12.0 Å². The van der Waals surface area contributed by atoms with Crippen LogP contribution in [0.15, 0.2) is 30.3 Å². The molecule has 2 atom stereocenters. The van der Waals surface area contributed by atoms with Gasteiger partial charge >= 0.3 is 5.97 Å². The lowest BCUT2D eigenvalue weighted by molar-refractivity contribution is -0.141. The van der Waals surface area contributed by atoms with E-state index in [2.05, 4.69) is 34.7 Å². The summed E-state index contributed by atoms with van der Waals surface area (Å²) in [6.45, 7) is 0. The van der Waals surface area contributed by atoms with Crippen molar-refractivity contribution in [3.8, 4) is 0 Å². The van der Waals surface area contributed by atoms with Gasteiger partial charge < -0.3 is 4.74 Å². The largest absolute Gasteiger partial charge is 0.461 e. The zero-order valence-corrected chi connectivity index (χ0v) is 9.81. The van der Waals surface area contributed by atoms with Crippen molar-refractivity contribution < 1.29 is 9.53 Å². The van der Waals surface area contributed by atoms with Crippen molar-refractivity contribution in [3.05, 3.63) is 35.9 Å². The van der Waals surface area contributed by atoms with Crippen molar-refractivity contribution >= 4 is 28.6 Å². The molecule has 1 aromatic carbocycles. The molecule has 0 radical (unpaired) electrons. The summed E-state index contributed by atoms with van der Waals surface area (Å²) in [4.78, 5) is 11.0. The van der Waals surface area contributed by atoms with Crippen LogP contribution in [-0.2, 0) is 9.53 Å². The molecular weight excluding hydrogens is 291 g/mol. The third-order valence-electron chi connectivity index (χ3n) is 2.36. The Balaban J connectivity index is 2.09. The molecule has 2 nitrogen and oxygen atoms in total. The molecule has 0 amide bonds. The summed E-state index contributed by atoms with van der Waals surface area (Å²) in [6, 6.07) is 10.2. The minimum absolute atomic E-state index is 0.0606. The number of carbonyl (C=O) groups excluding carboxylic acids is 1. The quantitative estimate of drug-likeness (QED) is 0.477. The summed E-state index contributed by atoms with van der Waals surface area (Å²) in [5.41, 5.74) is 1.23. The van der Waals surface area contributed by atoms with Gasteiger partial charge in [-0.3, -0.25) is 4.79 Å². The van der Waals surface area contributed by atoms with Crippen LogP contribution < -0.4 is 0 Å². The summed E-state index contributed by atoms with van der Waals surface area (Å²) in [5, 5.41) is 0. The highest BCUT2D eigenvalue weighted by molar-refractivity contribution is 14.1. The van der Waals surface area contributed by atoms with E-state index in [1.54, 1.807) is 0 Å². The first-order chi connectivity index (χ1) is 6.77. The Morgan fingerprint density at radius 2 is 2.07 bits per heavy atom. The lowest BCUT2D eigenvalue weighted by Gasteiger charge is -2.16. The topological polar surface area (TPSA) is 26.3 Å². The number of carbonyl (C=O) groups is 1. The summed E-state index contributed by atoms with van der Waals surface area (Å²) < 4.78 is 5.51. The third-order valence-corrected chi connectivity index (χ3v) is 3.88. The van der Waals surface area contributed by atoms with Gasteiger partial charge in [-0.25, -0.2) is 0 Å². The summed E-state index contributed by atoms with van der Waals surface area (Å²) in [5.74, 6) is -0.0624. The van der Waals surface area contributed by atoms with Crippen molar-refractivity contribution in [3.63, 3.8) is 0 Å². The Kier molecular flexibility index (Phi) is 3.05. The first kappa shape index (κ1) is 9.96. The van der Waals surface area contributed by atoms with E-state index in [1.807, 2.05) is 18.2 Å². The van der Waals surface area contributed by atoms with Gasteiger partial charge in [0.05, 0.1) is 3.92 Å². The molecule has 1 heterocycles. The Morgan fingerprint density at radius 3 is 2.64 bits per heavy atom. The molecule has 0 spiro atoms. The average molecular weight is 302 g/mol. The van der Waals surface area contributed by atoms with Gasteiger partial charge in [0.1, 0.15) is 6.10 Å². The molecule has 1 aliphatic rings. The number of hydrogen-bond donors (Lipinski definition) is 0. The fraction of sp³-hybridized carbons (Fsp3) is 0.364. The van der Waals surface area contributed by atoms with E-state index in [-0.39, 0.29) is 16.0 Å². The van der Waals surface area contributed by atoms with Crippen LogP contribution in [0.5, 0.6) is 0 Å². The number of alkyl halides is 1. The maximum atomic E-state index is 11.0. The minimum atomic E-state index is -0.0624. The van der Waals surface area contributed by atoms with Crippen molar-refractivity contribution in [1.82, 2.24) is 0 Å². The first-order valence-corrected chi connectivity index (χ1v) is 5.90. The Hall–Kier alpha value is -0.580. The molecule has 1 saturated heterocycles. The van der Waals surface area contributed by atoms with Gasteiger partial charge in [0.2, 0.25) is 0 Å². The van der Waals surface area contributed by atoms with Crippen LogP contribution in [-0.4, -0.2) is 12.1 Å². The SMILES string of the molecule is O=C1CC[C@@H]([C@H](I)c2ccccc2)O1. The first-order valence-electron chi connectivity index (χ1n) is 4.66. The predicted octanol–water partition coefficient (Wildman–Crippen LogP) is 2.87. The van der Waals surface area contributed by atoms with Crippen LogP contribution in [0.1, 0.15) is 22.3 Å². The van der Waals surface area contributed by atoms with Gasteiger partial charge in [-0.2, -0.15) is 0 Å². The van der Waals surface area contributed by atoms with Crippen LogP contribution in [0.25, 0.3) is 0 Å². The molecule has 3 heteroatoms. The smallest absolute Gasteiger partial charge is 0.306 e. The number of rotatable bonds is 2. The van der Waals surface area contributed by atoms with E-state index in [4.69, 9.17) is 4.74 Å². The highest BCUT2D eigenvalue weighted by Gasteiger charge is 2.30. The van der Waals surface area contributed by atoms with Crippen molar-refractivity contribution in [2.75, 3.05) is 0 Å². The molecule has 1 aliphatic heterocycles.